The van der Waals surface area contributed by atoms with Crippen molar-refractivity contribution in [1.82, 2.24) is 0 Å². The molecule has 0 saturated heterocycles. The molecule has 2 aromatic rings. The molecule has 0 aromatic heterocycles. The third kappa shape index (κ3) is 3.50. The van der Waals surface area contributed by atoms with Crippen LogP contribution in [0.4, 0.5) is 0 Å². The van der Waals surface area contributed by atoms with Crippen molar-refractivity contribution < 1.29 is 19.7 Å². The van der Waals surface area contributed by atoms with Gasteiger partial charge in [-0.1, -0.05) is 37.7 Å². The van der Waals surface area contributed by atoms with Crippen molar-refractivity contribution in [1.29, 1.82) is 0 Å². The fourth-order valence-corrected chi connectivity index (χ4v) is 3.32. The van der Waals surface area contributed by atoms with E-state index in [-0.39, 0.29) is 16.9 Å². The summed E-state index contributed by atoms with van der Waals surface area (Å²) >= 11 is 1.33. The third-order valence-corrected chi connectivity index (χ3v) is 4.95. The molecule has 4 nitrogen and oxygen atoms in total. The molecule has 0 fully saturated rings. The molecule has 0 spiro atoms. The van der Waals surface area contributed by atoms with Crippen LogP contribution in [0.3, 0.4) is 0 Å². The van der Waals surface area contributed by atoms with Crippen molar-refractivity contribution in [3.8, 4) is 23.0 Å². The SMILES string of the molecule is CC1(C)CCOc2ccc(O)c(O)c2Sc2ccccc2OC1. The molecule has 0 saturated carbocycles. The van der Waals surface area contributed by atoms with Crippen LogP contribution in [0.25, 0.3) is 0 Å². The lowest BCUT2D eigenvalue weighted by atomic mass is 9.91. The highest BCUT2D eigenvalue weighted by molar-refractivity contribution is 7.99. The molecule has 0 amide bonds. The Morgan fingerprint density at radius 2 is 1.78 bits per heavy atom. The lowest BCUT2D eigenvalue weighted by molar-refractivity contribution is 0.141. The topological polar surface area (TPSA) is 58.9 Å². The molecule has 0 bridgehead atoms. The summed E-state index contributed by atoms with van der Waals surface area (Å²) in [7, 11) is 0. The number of phenolic OH excluding ortho intramolecular Hbond substituents is 2. The zero-order chi connectivity index (χ0) is 16.4. The number of ether oxygens (including phenoxy) is 2. The Bertz CT molecular complexity index is 712. The first-order chi connectivity index (χ1) is 11.0. The maximum Gasteiger partial charge on any atom is 0.175 e. The van der Waals surface area contributed by atoms with E-state index in [2.05, 4.69) is 13.8 Å². The van der Waals surface area contributed by atoms with Crippen molar-refractivity contribution in [3.63, 3.8) is 0 Å². The summed E-state index contributed by atoms with van der Waals surface area (Å²) in [5, 5.41) is 20.0. The molecule has 0 atom stereocenters. The number of rotatable bonds is 0. The molecular weight excluding hydrogens is 312 g/mol. The molecule has 23 heavy (non-hydrogen) atoms. The molecule has 2 N–H and O–H groups in total. The van der Waals surface area contributed by atoms with E-state index in [1.54, 1.807) is 6.07 Å². The monoisotopic (exact) mass is 332 g/mol. The molecule has 5 heteroatoms. The first-order valence-corrected chi connectivity index (χ1v) is 8.35. The van der Waals surface area contributed by atoms with Gasteiger partial charge in [-0.25, -0.2) is 0 Å². The van der Waals surface area contributed by atoms with Gasteiger partial charge in [-0.15, -0.1) is 0 Å². The smallest absolute Gasteiger partial charge is 0.175 e. The fraction of sp³-hybridized carbons (Fsp3) is 0.333. The van der Waals surface area contributed by atoms with Crippen LogP contribution in [-0.4, -0.2) is 23.4 Å². The standard InChI is InChI=1S/C18H20O4S/c1-18(2)9-10-21-14-8-7-12(19)16(20)17(14)23-15-6-4-3-5-13(15)22-11-18/h3-8,19-20H,9-11H2,1-2H3. The van der Waals surface area contributed by atoms with Gasteiger partial charge in [0.25, 0.3) is 0 Å². The van der Waals surface area contributed by atoms with Gasteiger partial charge in [-0.2, -0.15) is 0 Å². The van der Waals surface area contributed by atoms with Crippen molar-refractivity contribution >= 4 is 11.8 Å². The molecule has 1 aliphatic rings. The second-order valence-electron chi connectivity index (χ2n) is 6.36. The van der Waals surface area contributed by atoms with Gasteiger partial charge in [-0.3, -0.25) is 0 Å². The summed E-state index contributed by atoms with van der Waals surface area (Å²) in [6.45, 7) is 5.38. The zero-order valence-electron chi connectivity index (χ0n) is 13.2. The van der Waals surface area contributed by atoms with E-state index >= 15 is 0 Å². The Balaban J connectivity index is 2.07. The predicted octanol–water partition coefficient (Wildman–Crippen LogP) is 4.44. The molecule has 0 unspecified atom stereocenters. The van der Waals surface area contributed by atoms with E-state index in [9.17, 15) is 10.2 Å². The van der Waals surface area contributed by atoms with Crippen LogP contribution in [0, 0.1) is 5.41 Å². The van der Waals surface area contributed by atoms with Gasteiger partial charge in [-0.05, 0) is 30.7 Å². The molecule has 122 valence electrons. The number of para-hydroxylation sites is 1. The number of fused-ring (bicyclic) bond motifs is 2. The van der Waals surface area contributed by atoms with E-state index in [4.69, 9.17) is 9.47 Å². The van der Waals surface area contributed by atoms with Crippen molar-refractivity contribution in [2.24, 2.45) is 5.41 Å². The maximum absolute atomic E-state index is 10.2. The normalized spacial score (nSPS) is 17.0. The van der Waals surface area contributed by atoms with Crippen molar-refractivity contribution in [2.45, 2.75) is 30.1 Å². The van der Waals surface area contributed by atoms with Gasteiger partial charge >= 0.3 is 0 Å². The van der Waals surface area contributed by atoms with Crippen LogP contribution in [-0.2, 0) is 0 Å². The number of benzene rings is 2. The molecular formula is C18H20O4S. The molecule has 1 heterocycles. The zero-order valence-corrected chi connectivity index (χ0v) is 14.0. The lowest BCUT2D eigenvalue weighted by Crippen LogP contribution is -2.24. The summed E-state index contributed by atoms with van der Waals surface area (Å²) in [5.41, 5.74) is -0.0265. The lowest BCUT2D eigenvalue weighted by Gasteiger charge is -2.24. The Hall–Kier alpha value is -2.01. The molecule has 1 aliphatic heterocycles. The highest BCUT2D eigenvalue weighted by atomic mass is 32.2. The van der Waals surface area contributed by atoms with E-state index < -0.39 is 0 Å². The first kappa shape index (κ1) is 15.9. The Kier molecular flexibility index (Phi) is 4.31. The first-order valence-electron chi connectivity index (χ1n) is 7.54. The van der Waals surface area contributed by atoms with E-state index in [0.717, 1.165) is 17.1 Å². The summed E-state index contributed by atoms with van der Waals surface area (Å²) in [4.78, 5) is 1.37. The van der Waals surface area contributed by atoms with Crippen LogP contribution in [0.1, 0.15) is 20.3 Å². The maximum atomic E-state index is 10.2. The van der Waals surface area contributed by atoms with Crippen LogP contribution in [0.2, 0.25) is 0 Å². The van der Waals surface area contributed by atoms with E-state index in [0.29, 0.717) is 23.9 Å². The minimum atomic E-state index is -0.166. The molecule has 3 rings (SSSR count). The second kappa shape index (κ2) is 6.24. The van der Waals surface area contributed by atoms with E-state index in [1.807, 2.05) is 24.3 Å². The van der Waals surface area contributed by atoms with Gasteiger partial charge in [0, 0.05) is 5.41 Å². The van der Waals surface area contributed by atoms with Crippen LogP contribution >= 0.6 is 11.8 Å². The predicted molar refractivity (Wildman–Crippen MR) is 89.7 cm³/mol. The highest BCUT2D eigenvalue weighted by Crippen LogP contribution is 2.48. The summed E-state index contributed by atoms with van der Waals surface area (Å²) < 4.78 is 11.9. The molecule has 0 radical (unpaired) electrons. The van der Waals surface area contributed by atoms with Gasteiger partial charge in [0.05, 0.1) is 18.1 Å². The second-order valence-corrected chi connectivity index (χ2v) is 7.41. The van der Waals surface area contributed by atoms with Crippen molar-refractivity contribution in [2.75, 3.05) is 13.2 Å². The number of hydrogen-bond acceptors (Lipinski definition) is 5. The van der Waals surface area contributed by atoms with Gasteiger partial charge < -0.3 is 19.7 Å². The van der Waals surface area contributed by atoms with Gasteiger partial charge in [0.2, 0.25) is 0 Å². The summed E-state index contributed by atoms with van der Waals surface area (Å²) in [6, 6.07) is 10.8. The Morgan fingerprint density at radius 3 is 2.61 bits per heavy atom. The van der Waals surface area contributed by atoms with Crippen LogP contribution < -0.4 is 9.47 Å². The number of hydrogen-bond donors (Lipinski definition) is 2. The average molecular weight is 332 g/mol. The molecule has 2 aromatic carbocycles. The van der Waals surface area contributed by atoms with Crippen LogP contribution in [0.5, 0.6) is 23.0 Å². The fourth-order valence-electron chi connectivity index (χ4n) is 2.30. The highest BCUT2D eigenvalue weighted by Gasteiger charge is 2.23. The van der Waals surface area contributed by atoms with Gasteiger partial charge in [0.1, 0.15) is 16.4 Å². The Morgan fingerprint density at radius 1 is 1.00 bits per heavy atom. The summed E-state index contributed by atoms with van der Waals surface area (Å²) in [6.07, 6.45) is 0.820. The largest absolute Gasteiger partial charge is 0.504 e. The number of aromatic hydroxyl groups is 2. The van der Waals surface area contributed by atoms with E-state index in [1.165, 1.54) is 17.8 Å². The van der Waals surface area contributed by atoms with Crippen LogP contribution in [0.15, 0.2) is 46.2 Å². The quantitative estimate of drug-likeness (QED) is 0.699. The summed E-state index contributed by atoms with van der Waals surface area (Å²) in [5.74, 6) is 1.01. The third-order valence-electron chi connectivity index (χ3n) is 3.79. The minimum Gasteiger partial charge on any atom is -0.504 e. The van der Waals surface area contributed by atoms with Crippen molar-refractivity contribution in [3.05, 3.63) is 36.4 Å². The molecule has 0 aliphatic carbocycles. The average Bonchev–Trinajstić information content (AvgIpc) is 2.54. The van der Waals surface area contributed by atoms with Gasteiger partial charge in [0.15, 0.2) is 11.5 Å². The number of phenols is 2. The Labute approximate surface area is 140 Å². The minimum absolute atomic E-state index is 0.0265.